The molecule has 1 aromatic carbocycles. The first-order valence-electron chi connectivity index (χ1n) is 5.96. The number of carbonyl (C=O) groups is 1. The molecule has 1 aromatic rings. The molecule has 0 atom stereocenters. The summed E-state index contributed by atoms with van der Waals surface area (Å²) < 4.78 is 0. The van der Waals surface area contributed by atoms with Crippen molar-refractivity contribution in [3.05, 3.63) is 28.3 Å². The fourth-order valence-corrected chi connectivity index (χ4v) is 2.13. The van der Waals surface area contributed by atoms with Crippen molar-refractivity contribution < 1.29 is 9.90 Å². The largest absolute Gasteiger partial charge is 0.465 e. The normalized spacial score (nSPS) is 10.8. The number of benzene rings is 1. The van der Waals surface area contributed by atoms with Gasteiger partial charge in [-0.1, -0.05) is 0 Å². The van der Waals surface area contributed by atoms with E-state index in [-0.39, 0.29) is 0 Å². The van der Waals surface area contributed by atoms with Crippen molar-refractivity contribution in [2.75, 3.05) is 26.0 Å². The number of amides is 1. The third kappa shape index (κ3) is 2.82. The van der Waals surface area contributed by atoms with Crippen LogP contribution in [0, 0.1) is 20.8 Å². The number of aryl methyl sites for hydroxylation is 1. The Bertz CT molecular complexity index is 467. The first-order valence-corrected chi connectivity index (χ1v) is 5.96. The maximum absolute atomic E-state index is 11.1. The predicted molar refractivity (Wildman–Crippen MR) is 74.5 cm³/mol. The van der Waals surface area contributed by atoms with Gasteiger partial charge in [0.1, 0.15) is 0 Å². The molecule has 0 aliphatic rings. The summed E-state index contributed by atoms with van der Waals surface area (Å²) in [5.41, 5.74) is 5.38. The second-order valence-corrected chi connectivity index (χ2v) is 5.02. The van der Waals surface area contributed by atoms with Gasteiger partial charge < -0.3 is 10.0 Å². The van der Waals surface area contributed by atoms with Gasteiger partial charge in [0.2, 0.25) is 0 Å². The molecule has 0 aromatic heterocycles. The van der Waals surface area contributed by atoms with E-state index in [9.17, 15) is 4.79 Å². The first kappa shape index (κ1) is 14.5. The Morgan fingerprint density at radius 2 is 1.72 bits per heavy atom. The van der Waals surface area contributed by atoms with E-state index in [0.717, 1.165) is 23.4 Å². The monoisotopic (exact) mass is 250 g/mol. The van der Waals surface area contributed by atoms with Crippen molar-refractivity contribution in [3.8, 4) is 0 Å². The lowest BCUT2D eigenvalue weighted by molar-refractivity contribution is 0.203. The molecule has 1 N–H and O–H groups in total. The second kappa shape index (κ2) is 5.40. The molecule has 0 aliphatic heterocycles. The van der Waals surface area contributed by atoms with Crippen LogP contribution in [-0.4, -0.2) is 37.2 Å². The molecule has 0 fully saturated rings. The highest BCUT2D eigenvalue weighted by atomic mass is 16.4. The van der Waals surface area contributed by atoms with E-state index in [1.165, 1.54) is 16.0 Å². The van der Waals surface area contributed by atoms with Crippen LogP contribution in [0.2, 0.25) is 0 Å². The van der Waals surface area contributed by atoms with Crippen molar-refractivity contribution in [2.45, 2.75) is 27.3 Å². The number of carboxylic acid groups (broad SMARTS) is 1. The van der Waals surface area contributed by atoms with E-state index in [0.29, 0.717) is 0 Å². The van der Waals surface area contributed by atoms with Crippen molar-refractivity contribution in [1.82, 2.24) is 4.90 Å². The smallest absolute Gasteiger partial charge is 0.411 e. The van der Waals surface area contributed by atoms with Crippen molar-refractivity contribution in [3.63, 3.8) is 0 Å². The van der Waals surface area contributed by atoms with E-state index in [1.54, 1.807) is 7.05 Å². The Balaban J connectivity index is 3.32. The van der Waals surface area contributed by atoms with Crippen LogP contribution in [0.4, 0.5) is 10.5 Å². The summed E-state index contributed by atoms with van der Waals surface area (Å²) in [6.45, 7) is 6.93. The Morgan fingerprint density at radius 1 is 1.17 bits per heavy atom. The predicted octanol–water partition coefficient (Wildman–Crippen LogP) is 2.79. The van der Waals surface area contributed by atoms with E-state index in [1.807, 2.05) is 34.0 Å². The molecule has 0 spiro atoms. The van der Waals surface area contributed by atoms with Gasteiger partial charge in [0.15, 0.2) is 0 Å². The van der Waals surface area contributed by atoms with Gasteiger partial charge in [-0.3, -0.25) is 4.90 Å². The summed E-state index contributed by atoms with van der Waals surface area (Å²) in [7, 11) is 5.65. The van der Waals surface area contributed by atoms with Gasteiger partial charge in [-0.25, -0.2) is 4.79 Å². The molecule has 4 heteroatoms. The molecule has 0 saturated heterocycles. The number of rotatable bonds is 3. The van der Waals surface area contributed by atoms with Gasteiger partial charge >= 0.3 is 6.09 Å². The summed E-state index contributed by atoms with van der Waals surface area (Å²) >= 11 is 0. The third-order valence-corrected chi connectivity index (χ3v) is 3.35. The van der Waals surface area contributed by atoms with E-state index in [2.05, 4.69) is 11.8 Å². The topological polar surface area (TPSA) is 43.8 Å². The SMILES string of the molecule is Cc1cc(N(C)C(=O)O)c(C)c(C)c1CN(C)C. The van der Waals surface area contributed by atoms with Crippen LogP contribution in [-0.2, 0) is 6.54 Å². The lowest BCUT2D eigenvalue weighted by atomic mass is 9.96. The zero-order valence-corrected chi connectivity index (χ0v) is 12.0. The van der Waals surface area contributed by atoms with Crippen LogP contribution in [0.1, 0.15) is 22.3 Å². The Hall–Kier alpha value is -1.55. The molecule has 0 saturated carbocycles. The molecule has 100 valence electrons. The van der Waals surface area contributed by atoms with Gasteiger partial charge in [0.05, 0.1) is 5.69 Å². The second-order valence-electron chi connectivity index (χ2n) is 5.02. The van der Waals surface area contributed by atoms with Gasteiger partial charge in [-0.2, -0.15) is 0 Å². The van der Waals surface area contributed by atoms with Crippen LogP contribution >= 0.6 is 0 Å². The van der Waals surface area contributed by atoms with E-state index < -0.39 is 6.09 Å². The minimum atomic E-state index is -0.933. The molecule has 0 unspecified atom stereocenters. The van der Waals surface area contributed by atoms with Gasteiger partial charge in [-0.15, -0.1) is 0 Å². The summed E-state index contributed by atoms with van der Waals surface area (Å²) in [4.78, 5) is 14.4. The summed E-state index contributed by atoms with van der Waals surface area (Å²) in [6, 6.07) is 1.95. The van der Waals surface area contributed by atoms with Crippen molar-refractivity contribution in [1.29, 1.82) is 0 Å². The van der Waals surface area contributed by atoms with Crippen molar-refractivity contribution in [2.24, 2.45) is 0 Å². The highest BCUT2D eigenvalue weighted by molar-refractivity contribution is 5.87. The van der Waals surface area contributed by atoms with Crippen LogP contribution in [0.15, 0.2) is 6.07 Å². The van der Waals surface area contributed by atoms with Crippen LogP contribution in [0.5, 0.6) is 0 Å². The molecule has 18 heavy (non-hydrogen) atoms. The lowest BCUT2D eigenvalue weighted by Gasteiger charge is -2.23. The van der Waals surface area contributed by atoms with Crippen LogP contribution in [0.25, 0.3) is 0 Å². The Labute approximate surface area is 109 Å². The average Bonchev–Trinajstić information content (AvgIpc) is 2.28. The zero-order chi connectivity index (χ0) is 14.0. The molecular weight excluding hydrogens is 228 g/mol. The molecule has 1 rings (SSSR count). The first-order chi connectivity index (χ1) is 8.25. The molecule has 1 amide bonds. The Kier molecular flexibility index (Phi) is 4.35. The molecule has 0 radical (unpaired) electrons. The number of hydrogen-bond acceptors (Lipinski definition) is 2. The average molecular weight is 250 g/mol. The minimum Gasteiger partial charge on any atom is -0.465 e. The summed E-state index contributed by atoms with van der Waals surface area (Å²) in [6.07, 6.45) is -0.933. The molecule has 4 nitrogen and oxygen atoms in total. The highest BCUT2D eigenvalue weighted by Gasteiger charge is 2.16. The molecular formula is C14H22N2O2. The fraction of sp³-hybridized carbons (Fsp3) is 0.500. The number of hydrogen-bond donors (Lipinski definition) is 1. The quantitative estimate of drug-likeness (QED) is 0.897. The molecule has 0 heterocycles. The Morgan fingerprint density at radius 3 is 2.17 bits per heavy atom. The summed E-state index contributed by atoms with van der Waals surface area (Å²) in [5, 5.41) is 9.07. The third-order valence-electron chi connectivity index (χ3n) is 3.35. The summed E-state index contributed by atoms with van der Waals surface area (Å²) in [5.74, 6) is 0. The maximum Gasteiger partial charge on any atom is 0.411 e. The van der Waals surface area contributed by atoms with E-state index in [4.69, 9.17) is 5.11 Å². The highest BCUT2D eigenvalue weighted by Crippen LogP contribution is 2.28. The number of anilines is 1. The molecule has 0 bridgehead atoms. The van der Waals surface area contributed by atoms with Gasteiger partial charge in [0.25, 0.3) is 0 Å². The fourth-order valence-electron chi connectivity index (χ4n) is 2.13. The number of nitrogens with zero attached hydrogens (tertiary/aromatic N) is 2. The minimum absolute atomic E-state index is 0.764. The van der Waals surface area contributed by atoms with E-state index >= 15 is 0 Å². The van der Waals surface area contributed by atoms with Gasteiger partial charge in [0, 0.05) is 13.6 Å². The van der Waals surface area contributed by atoms with Crippen LogP contribution in [0.3, 0.4) is 0 Å². The zero-order valence-electron chi connectivity index (χ0n) is 12.0. The maximum atomic E-state index is 11.1. The van der Waals surface area contributed by atoms with Crippen molar-refractivity contribution >= 4 is 11.8 Å². The lowest BCUT2D eigenvalue weighted by Crippen LogP contribution is -2.25. The standard InChI is InChI=1S/C14H22N2O2/c1-9-7-13(16(6)14(17)18)11(3)10(2)12(9)8-15(4)5/h7H,8H2,1-6H3,(H,17,18). The van der Waals surface area contributed by atoms with Crippen LogP contribution < -0.4 is 4.90 Å². The molecule has 0 aliphatic carbocycles. The van der Waals surface area contributed by atoms with Gasteiger partial charge in [-0.05, 0) is 63.2 Å².